The van der Waals surface area contributed by atoms with Crippen molar-refractivity contribution in [2.24, 2.45) is 0 Å². The number of hydrogen-bond acceptors (Lipinski definition) is 4. The van der Waals surface area contributed by atoms with Crippen molar-refractivity contribution in [1.82, 2.24) is 0 Å². The third-order valence-corrected chi connectivity index (χ3v) is 23.1. The second-order valence-electron chi connectivity index (χ2n) is 28.0. The first-order chi connectivity index (χ1) is 44.1. The van der Waals surface area contributed by atoms with Gasteiger partial charge >= 0.3 is 0 Å². The standard InChI is InChI=1S/C84H148O4Si/c1-4-7-10-13-16-19-22-25-28-31-34-37-40-43-46-49-52-55-58-61-76-86-79-64-70-82(71-65-79)89(85,83-72-66-80(67-73-83)87-77-62-59-56-53-50-47-44-41-38-35-32-29-26-23-20-17-14-11-8-5-2)84-74-68-81(69-75-84)88-78-63-60-57-54-51-48-45-42-39-36-33-30-27-24-21-18-15-12-9-6-3/h64-75,85H,4-63,76-78H2,1-3H3. The molecule has 1 N–H and O–H groups in total. The number of ether oxygens (including phenoxy) is 3. The van der Waals surface area contributed by atoms with Gasteiger partial charge in [0.25, 0.3) is 8.32 Å². The van der Waals surface area contributed by atoms with Gasteiger partial charge in [-0.15, -0.1) is 0 Å². The summed E-state index contributed by atoms with van der Waals surface area (Å²) in [5.74, 6) is 2.64. The van der Waals surface area contributed by atoms with Gasteiger partial charge in [-0.3, -0.25) is 0 Å². The minimum atomic E-state index is -3.36. The number of hydrogen-bond donors (Lipinski definition) is 1. The Morgan fingerprint density at radius 2 is 0.315 bits per heavy atom. The van der Waals surface area contributed by atoms with Crippen LogP contribution in [-0.4, -0.2) is 32.9 Å². The van der Waals surface area contributed by atoms with E-state index in [1.165, 1.54) is 366 Å². The summed E-state index contributed by atoms with van der Waals surface area (Å²) in [6.45, 7) is 9.13. The summed E-state index contributed by atoms with van der Waals surface area (Å²) in [5, 5.41) is 2.87. The third-order valence-electron chi connectivity index (χ3n) is 19.6. The van der Waals surface area contributed by atoms with Gasteiger partial charge in [-0.25, -0.2) is 0 Å². The first-order valence-corrected chi connectivity index (χ1v) is 42.0. The molecule has 0 heterocycles. The highest BCUT2D eigenvalue weighted by molar-refractivity contribution is 7.06. The van der Waals surface area contributed by atoms with Gasteiger partial charge in [0, 0.05) is 0 Å². The number of benzene rings is 3. The lowest BCUT2D eigenvalue weighted by atomic mass is 10.0. The second-order valence-corrected chi connectivity index (χ2v) is 31.1. The molecular formula is C84H148O4Si. The van der Waals surface area contributed by atoms with Crippen molar-refractivity contribution in [1.29, 1.82) is 0 Å². The van der Waals surface area contributed by atoms with Gasteiger partial charge in [0.2, 0.25) is 0 Å². The first kappa shape index (κ1) is 80.5. The molecule has 0 aromatic heterocycles. The SMILES string of the molecule is CCCCCCCCCCCCCCCCCCCCCCOc1ccc([Si](O)(c2ccc(OCCCCCCCCCCCCCCCCCCCCCC)cc2)c2ccc(OCCCCCCCCCCCCCCCCCCCCCC)cc2)cc1. The van der Waals surface area contributed by atoms with Crippen LogP contribution in [-0.2, 0) is 0 Å². The molecule has 0 atom stereocenters. The van der Waals surface area contributed by atoms with Crippen LogP contribution < -0.4 is 29.8 Å². The van der Waals surface area contributed by atoms with Gasteiger partial charge in [0.1, 0.15) is 17.2 Å². The van der Waals surface area contributed by atoms with Crippen molar-refractivity contribution in [3.63, 3.8) is 0 Å². The summed E-state index contributed by atoms with van der Waals surface area (Å²) >= 11 is 0. The minimum absolute atomic E-state index is 0.738. The van der Waals surface area contributed by atoms with Crippen LogP contribution in [0.3, 0.4) is 0 Å². The van der Waals surface area contributed by atoms with E-state index in [2.05, 4.69) is 93.6 Å². The molecule has 0 aliphatic heterocycles. The van der Waals surface area contributed by atoms with E-state index in [0.717, 1.165) is 71.9 Å². The van der Waals surface area contributed by atoms with Gasteiger partial charge in [0.15, 0.2) is 0 Å². The molecule has 0 radical (unpaired) electrons. The van der Waals surface area contributed by atoms with Crippen molar-refractivity contribution in [2.45, 2.75) is 406 Å². The Hall–Kier alpha value is -2.76. The molecule has 5 heteroatoms. The lowest BCUT2D eigenvalue weighted by Gasteiger charge is -2.27. The Kier molecular flexibility index (Phi) is 55.5. The van der Waals surface area contributed by atoms with Crippen LogP contribution in [0.15, 0.2) is 72.8 Å². The van der Waals surface area contributed by atoms with Crippen LogP contribution in [0.2, 0.25) is 0 Å². The van der Waals surface area contributed by atoms with Crippen molar-refractivity contribution >= 4 is 23.9 Å². The van der Waals surface area contributed by atoms with Gasteiger partial charge in [-0.05, 0) is 71.2 Å². The van der Waals surface area contributed by atoms with Crippen LogP contribution in [0.1, 0.15) is 406 Å². The summed E-state index contributed by atoms with van der Waals surface area (Å²) in [6, 6.07) is 25.0. The summed E-state index contributed by atoms with van der Waals surface area (Å²) in [6.07, 6.45) is 83.4. The lowest BCUT2D eigenvalue weighted by Crippen LogP contribution is -2.67. The molecule has 0 saturated carbocycles. The average molecular weight is 1250 g/mol. The molecule has 3 rings (SSSR count). The molecule has 512 valence electrons. The highest BCUT2D eigenvalue weighted by Crippen LogP contribution is 2.22. The topological polar surface area (TPSA) is 47.9 Å². The Labute approximate surface area is 555 Å². The van der Waals surface area contributed by atoms with E-state index >= 15 is 0 Å². The maximum absolute atomic E-state index is 13.1. The zero-order chi connectivity index (χ0) is 63.1. The van der Waals surface area contributed by atoms with E-state index in [1.807, 2.05) is 0 Å². The molecule has 0 spiro atoms. The molecule has 0 fully saturated rings. The first-order valence-electron chi connectivity index (χ1n) is 40.0. The molecule has 0 unspecified atom stereocenters. The lowest BCUT2D eigenvalue weighted by molar-refractivity contribution is 0.304. The molecule has 4 nitrogen and oxygen atoms in total. The van der Waals surface area contributed by atoms with Gasteiger partial charge < -0.3 is 19.0 Å². The highest BCUT2D eigenvalue weighted by atomic mass is 28.4. The number of rotatable bonds is 69. The highest BCUT2D eigenvalue weighted by Gasteiger charge is 2.38. The largest absolute Gasteiger partial charge is 0.494 e. The molecular weight excluding hydrogens is 1100 g/mol. The van der Waals surface area contributed by atoms with E-state index in [0.29, 0.717) is 0 Å². The molecule has 3 aromatic carbocycles. The predicted molar refractivity (Wildman–Crippen MR) is 397 cm³/mol. The van der Waals surface area contributed by atoms with Crippen molar-refractivity contribution < 1.29 is 19.0 Å². The molecule has 0 bridgehead atoms. The molecule has 3 aromatic rings. The molecule has 0 saturated heterocycles. The zero-order valence-electron chi connectivity index (χ0n) is 59.6. The Balaban J connectivity index is 1.35. The quantitative estimate of drug-likeness (QED) is 0.0348. The van der Waals surface area contributed by atoms with E-state index in [4.69, 9.17) is 14.2 Å². The van der Waals surface area contributed by atoms with Crippen LogP contribution in [0.25, 0.3) is 0 Å². The van der Waals surface area contributed by atoms with Crippen LogP contribution in [0, 0.1) is 0 Å². The van der Waals surface area contributed by atoms with E-state index in [9.17, 15) is 4.80 Å². The fraction of sp³-hybridized carbons (Fsp3) is 0.786. The normalized spacial score (nSPS) is 11.7. The average Bonchev–Trinajstić information content (AvgIpc) is 0.963. The van der Waals surface area contributed by atoms with Crippen molar-refractivity contribution in [3.8, 4) is 17.2 Å². The van der Waals surface area contributed by atoms with Gasteiger partial charge in [-0.1, -0.05) is 423 Å². The maximum Gasteiger partial charge on any atom is 0.285 e. The summed E-state index contributed by atoms with van der Waals surface area (Å²) in [4.78, 5) is 13.1. The monoisotopic (exact) mass is 1250 g/mol. The Bertz CT molecular complexity index is 1660. The van der Waals surface area contributed by atoms with Crippen LogP contribution in [0.4, 0.5) is 0 Å². The summed E-state index contributed by atoms with van der Waals surface area (Å²) in [7, 11) is -3.36. The Morgan fingerprint density at radius 1 is 0.191 bits per heavy atom. The summed E-state index contributed by atoms with van der Waals surface area (Å²) < 4.78 is 18.9. The van der Waals surface area contributed by atoms with Gasteiger partial charge in [0.05, 0.1) is 19.8 Å². The molecule has 0 aliphatic rings. The molecule has 89 heavy (non-hydrogen) atoms. The minimum Gasteiger partial charge on any atom is -0.494 e. The van der Waals surface area contributed by atoms with E-state index in [1.54, 1.807) is 0 Å². The second kappa shape index (κ2) is 61.4. The van der Waals surface area contributed by atoms with E-state index < -0.39 is 8.32 Å². The van der Waals surface area contributed by atoms with Crippen molar-refractivity contribution in [3.05, 3.63) is 72.8 Å². The summed E-state index contributed by atoms with van der Waals surface area (Å²) in [5.41, 5.74) is 0. The molecule has 0 aliphatic carbocycles. The smallest absolute Gasteiger partial charge is 0.285 e. The van der Waals surface area contributed by atoms with E-state index in [-0.39, 0.29) is 0 Å². The molecule has 0 amide bonds. The fourth-order valence-electron chi connectivity index (χ4n) is 13.5. The predicted octanol–water partition coefficient (Wildman–Crippen LogP) is 26.2. The maximum atomic E-state index is 13.1. The Morgan fingerprint density at radius 3 is 0.449 bits per heavy atom. The van der Waals surface area contributed by atoms with Crippen molar-refractivity contribution in [2.75, 3.05) is 19.8 Å². The third kappa shape index (κ3) is 45.3. The van der Waals surface area contributed by atoms with Gasteiger partial charge in [-0.2, -0.15) is 0 Å². The fourth-order valence-corrected chi connectivity index (χ4v) is 16.5. The van der Waals surface area contributed by atoms with Crippen LogP contribution >= 0.6 is 0 Å². The van der Waals surface area contributed by atoms with Crippen LogP contribution in [0.5, 0.6) is 17.2 Å². The number of unbranched alkanes of at least 4 members (excludes halogenated alkanes) is 57. The zero-order valence-corrected chi connectivity index (χ0v) is 60.6.